The molecule has 0 unspecified atom stereocenters. The first kappa shape index (κ1) is 21.5. The number of hydrogen-bond acceptors (Lipinski definition) is 6. The summed E-state index contributed by atoms with van der Waals surface area (Å²) in [6.45, 7) is 4.34. The summed E-state index contributed by atoms with van der Waals surface area (Å²) < 4.78 is 26.5. The second kappa shape index (κ2) is 8.02. The number of ether oxygens (including phenoxy) is 1. The highest BCUT2D eigenvalue weighted by Crippen LogP contribution is 2.44. The predicted octanol–water partition coefficient (Wildman–Crippen LogP) is 6.00. The van der Waals surface area contributed by atoms with Crippen molar-refractivity contribution in [1.29, 1.82) is 0 Å². The number of hydrogen-bond donors (Lipinski definition) is 0. The van der Waals surface area contributed by atoms with Gasteiger partial charge in [0.05, 0.1) is 33.8 Å². The van der Waals surface area contributed by atoms with Gasteiger partial charge in [-0.05, 0) is 67.4 Å². The van der Waals surface area contributed by atoms with Crippen LogP contribution in [0, 0.1) is 12.7 Å². The van der Waals surface area contributed by atoms with Gasteiger partial charge in [-0.3, -0.25) is 14.5 Å². The molecule has 0 radical (unpaired) electrons. The van der Waals surface area contributed by atoms with Crippen molar-refractivity contribution in [2.24, 2.45) is 0 Å². The lowest BCUT2D eigenvalue weighted by Crippen LogP contribution is -2.29. The van der Waals surface area contributed by atoms with Gasteiger partial charge in [-0.2, -0.15) is 0 Å². The van der Waals surface area contributed by atoms with E-state index in [1.165, 1.54) is 28.4 Å². The van der Waals surface area contributed by atoms with Gasteiger partial charge in [0.2, 0.25) is 5.76 Å². The van der Waals surface area contributed by atoms with Gasteiger partial charge >= 0.3 is 0 Å². The molecular weight excluding hydrogens is 467 g/mol. The van der Waals surface area contributed by atoms with Crippen molar-refractivity contribution in [1.82, 2.24) is 4.98 Å². The third-order valence-corrected chi connectivity index (χ3v) is 7.07. The summed E-state index contributed by atoms with van der Waals surface area (Å²) in [5.74, 6) is -0.466. The van der Waals surface area contributed by atoms with Gasteiger partial charge in [0.25, 0.3) is 5.91 Å². The first-order valence-electron chi connectivity index (χ1n) is 11.1. The van der Waals surface area contributed by atoms with Crippen molar-refractivity contribution in [2.45, 2.75) is 19.9 Å². The smallest absolute Gasteiger partial charge is 0.297 e. The molecular formula is C27H19FN2O4S. The quantitative estimate of drug-likeness (QED) is 0.312. The molecule has 0 bridgehead atoms. The number of amides is 1. The number of carbonyl (C=O) groups excluding carboxylic acids is 1. The van der Waals surface area contributed by atoms with Crippen LogP contribution in [-0.4, -0.2) is 17.5 Å². The monoisotopic (exact) mass is 486 g/mol. The van der Waals surface area contributed by atoms with E-state index in [0.717, 1.165) is 21.8 Å². The van der Waals surface area contributed by atoms with Crippen LogP contribution in [0.1, 0.15) is 40.2 Å². The summed E-state index contributed by atoms with van der Waals surface area (Å²) >= 11 is 1.37. The second-order valence-electron chi connectivity index (χ2n) is 8.37. The first-order chi connectivity index (χ1) is 16.9. The molecule has 1 amide bonds. The van der Waals surface area contributed by atoms with E-state index >= 15 is 0 Å². The SMILES string of the molecule is CCOc1cccc([C@@H]2c3c(oc4ccc(F)cc4c3=O)C(=O)N2c2nc3ccc(C)cc3s2)c1. The number of rotatable bonds is 4. The lowest BCUT2D eigenvalue weighted by atomic mass is 9.98. The average Bonchev–Trinajstić information content (AvgIpc) is 3.38. The van der Waals surface area contributed by atoms with Crippen molar-refractivity contribution in [3.05, 3.63) is 99.2 Å². The van der Waals surface area contributed by atoms with E-state index in [1.54, 1.807) is 6.07 Å². The normalized spacial score (nSPS) is 15.2. The van der Waals surface area contributed by atoms with Crippen molar-refractivity contribution in [3.8, 4) is 5.75 Å². The zero-order valence-electron chi connectivity index (χ0n) is 18.9. The lowest BCUT2D eigenvalue weighted by molar-refractivity contribution is 0.0971. The van der Waals surface area contributed by atoms with Crippen molar-refractivity contribution in [2.75, 3.05) is 11.5 Å². The molecule has 174 valence electrons. The van der Waals surface area contributed by atoms with Crippen LogP contribution in [0.4, 0.5) is 9.52 Å². The number of anilines is 1. The number of benzene rings is 3. The molecule has 5 aromatic rings. The zero-order valence-corrected chi connectivity index (χ0v) is 19.7. The van der Waals surface area contributed by atoms with Crippen LogP contribution in [0.25, 0.3) is 21.2 Å². The third kappa shape index (κ3) is 3.40. The fourth-order valence-corrected chi connectivity index (χ4v) is 5.61. The van der Waals surface area contributed by atoms with E-state index in [2.05, 4.69) is 0 Å². The summed E-state index contributed by atoms with van der Waals surface area (Å²) in [5.41, 5.74) is 2.38. The molecule has 1 atom stereocenters. The number of nitrogens with zero attached hydrogens (tertiary/aromatic N) is 2. The van der Waals surface area contributed by atoms with Crippen molar-refractivity contribution >= 4 is 43.6 Å². The van der Waals surface area contributed by atoms with Crippen LogP contribution in [0.5, 0.6) is 5.75 Å². The summed E-state index contributed by atoms with van der Waals surface area (Å²) in [7, 11) is 0. The number of aromatic nitrogens is 1. The Kier molecular flexibility index (Phi) is 4.93. The molecule has 0 N–H and O–H groups in total. The molecule has 0 saturated carbocycles. The van der Waals surface area contributed by atoms with Crippen LogP contribution in [0.3, 0.4) is 0 Å². The average molecular weight is 487 g/mol. The number of carbonyl (C=O) groups is 1. The van der Waals surface area contributed by atoms with E-state index in [0.29, 0.717) is 23.1 Å². The van der Waals surface area contributed by atoms with E-state index in [9.17, 15) is 14.0 Å². The fraction of sp³-hybridized carbons (Fsp3) is 0.148. The predicted molar refractivity (Wildman–Crippen MR) is 133 cm³/mol. The molecule has 2 aromatic heterocycles. The van der Waals surface area contributed by atoms with Gasteiger partial charge in [-0.1, -0.05) is 29.5 Å². The van der Waals surface area contributed by atoms with E-state index in [-0.39, 0.29) is 22.3 Å². The maximum atomic E-state index is 14.0. The Morgan fingerprint density at radius 1 is 1.11 bits per heavy atom. The third-order valence-electron chi connectivity index (χ3n) is 6.06. The van der Waals surface area contributed by atoms with Gasteiger partial charge < -0.3 is 9.15 Å². The molecule has 0 fully saturated rings. The number of fused-ring (bicyclic) bond motifs is 3. The van der Waals surface area contributed by atoms with Crippen LogP contribution in [0.2, 0.25) is 0 Å². The molecule has 0 aliphatic carbocycles. The first-order valence-corrected chi connectivity index (χ1v) is 12.0. The standard InChI is InChI=1S/C27H19FN2O4S/c1-3-33-17-6-4-5-15(12-17)23-22-24(31)18-13-16(28)8-10-20(18)34-25(22)26(32)30(23)27-29-19-9-7-14(2)11-21(19)35-27/h4-13,23H,3H2,1-2H3/t23-/m1/s1. The van der Waals surface area contributed by atoms with E-state index in [1.807, 2.05) is 50.2 Å². The number of halogens is 1. The summed E-state index contributed by atoms with van der Waals surface area (Å²) in [6, 6.07) is 16.0. The van der Waals surface area contributed by atoms with Crippen LogP contribution < -0.4 is 15.1 Å². The highest BCUT2D eigenvalue weighted by Gasteiger charge is 2.45. The molecule has 3 aromatic carbocycles. The Morgan fingerprint density at radius 3 is 2.80 bits per heavy atom. The van der Waals surface area contributed by atoms with Crippen molar-refractivity contribution < 1.29 is 18.3 Å². The van der Waals surface area contributed by atoms with Gasteiger partial charge in [-0.25, -0.2) is 9.37 Å². The van der Waals surface area contributed by atoms with Crippen LogP contribution in [-0.2, 0) is 0 Å². The minimum absolute atomic E-state index is 0.0589. The lowest BCUT2D eigenvalue weighted by Gasteiger charge is -2.23. The van der Waals surface area contributed by atoms with Crippen LogP contribution >= 0.6 is 11.3 Å². The Morgan fingerprint density at radius 2 is 1.97 bits per heavy atom. The maximum Gasteiger partial charge on any atom is 0.297 e. The molecule has 6 rings (SSSR count). The Labute approximate surface area is 203 Å². The van der Waals surface area contributed by atoms with E-state index < -0.39 is 23.2 Å². The molecule has 3 heterocycles. The highest BCUT2D eigenvalue weighted by atomic mass is 32.1. The summed E-state index contributed by atoms with van der Waals surface area (Å²) in [5, 5.41) is 0.535. The summed E-state index contributed by atoms with van der Waals surface area (Å²) in [4.78, 5) is 33.6. The highest BCUT2D eigenvalue weighted by molar-refractivity contribution is 7.22. The molecule has 6 nitrogen and oxygen atoms in total. The van der Waals surface area contributed by atoms with Crippen LogP contribution in [0.15, 0.2) is 69.9 Å². The van der Waals surface area contributed by atoms with Gasteiger partial charge in [0.15, 0.2) is 10.6 Å². The fourth-order valence-electron chi connectivity index (χ4n) is 4.52. The molecule has 35 heavy (non-hydrogen) atoms. The maximum absolute atomic E-state index is 14.0. The van der Waals surface area contributed by atoms with Crippen molar-refractivity contribution in [3.63, 3.8) is 0 Å². The van der Waals surface area contributed by atoms with E-state index in [4.69, 9.17) is 14.1 Å². The molecule has 1 aliphatic rings. The molecule has 1 aliphatic heterocycles. The second-order valence-corrected chi connectivity index (χ2v) is 9.37. The Balaban J connectivity index is 1.63. The Bertz CT molecular complexity index is 1710. The Hall–Kier alpha value is -4.04. The largest absolute Gasteiger partial charge is 0.494 e. The minimum atomic E-state index is -0.802. The van der Waals surface area contributed by atoms with Gasteiger partial charge in [0.1, 0.15) is 17.1 Å². The number of aryl methyl sites for hydroxylation is 1. The zero-order chi connectivity index (χ0) is 24.3. The number of thiazole rings is 1. The minimum Gasteiger partial charge on any atom is -0.494 e. The molecule has 0 saturated heterocycles. The van der Waals surface area contributed by atoms with Gasteiger partial charge in [-0.15, -0.1) is 0 Å². The van der Waals surface area contributed by atoms with Gasteiger partial charge in [0, 0.05) is 0 Å². The summed E-state index contributed by atoms with van der Waals surface area (Å²) in [6.07, 6.45) is 0. The molecule has 8 heteroatoms. The topological polar surface area (TPSA) is 72.6 Å². The molecule has 0 spiro atoms.